The Labute approximate surface area is 144 Å². The van der Waals surface area contributed by atoms with Gasteiger partial charge in [-0.15, -0.1) is 0 Å². The molecule has 0 atom stereocenters. The van der Waals surface area contributed by atoms with Crippen molar-refractivity contribution in [2.75, 3.05) is 5.32 Å². The SMILES string of the molecule is Cc1ccccc1CNC(=O)CC(=O)Nc1ccc(Cl)cc1Cl. The molecule has 0 heterocycles. The summed E-state index contributed by atoms with van der Waals surface area (Å²) in [5.74, 6) is -0.785. The van der Waals surface area contributed by atoms with E-state index in [0.29, 0.717) is 22.3 Å². The standard InChI is InChI=1S/C17H16Cl2N2O2/c1-11-4-2-3-5-12(11)10-20-16(22)9-17(23)21-15-7-6-13(18)8-14(15)19/h2-8H,9-10H2,1H3,(H,20,22)(H,21,23). The minimum Gasteiger partial charge on any atom is -0.352 e. The number of hydrogen-bond acceptors (Lipinski definition) is 2. The molecule has 0 radical (unpaired) electrons. The van der Waals surface area contributed by atoms with Crippen LogP contribution in [-0.4, -0.2) is 11.8 Å². The highest BCUT2D eigenvalue weighted by Gasteiger charge is 2.11. The van der Waals surface area contributed by atoms with Crippen LogP contribution in [0.5, 0.6) is 0 Å². The second-order valence-corrected chi connectivity index (χ2v) is 5.90. The summed E-state index contributed by atoms with van der Waals surface area (Å²) in [5, 5.41) is 6.11. The molecule has 0 aromatic heterocycles. The Hall–Kier alpha value is -2.04. The fraction of sp³-hybridized carbons (Fsp3) is 0.176. The molecule has 0 aliphatic rings. The Balaban J connectivity index is 1.85. The van der Waals surface area contributed by atoms with Crippen molar-refractivity contribution in [3.63, 3.8) is 0 Å². The molecule has 2 amide bonds. The van der Waals surface area contributed by atoms with Crippen molar-refractivity contribution in [2.24, 2.45) is 0 Å². The fourth-order valence-electron chi connectivity index (χ4n) is 2.00. The number of benzene rings is 2. The molecule has 2 aromatic rings. The molecule has 0 unspecified atom stereocenters. The highest BCUT2D eigenvalue weighted by atomic mass is 35.5. The molecule has 0 saturated carbocycles. The molecule has 120 valence electrons. The summed E-state index contributed by atoms with van der Waals surface area (Å²) in [6.07, 6.45) is -0.273. The van der Waals surface area contributed by atoms with E-state index in [9.17, 15) is 9.59 Å². The van der Waals surface area contributed by atoms with E-state index in [1.54, 1.807) is 12.1 Å². The zero-order valence-corrected chi connectivity index (χ0v) is 14.0. The van der Waals surface area contributed by atoms with Crippen LogP contribution in [0.1, 0.15) is 17.5 Å². The van der Waals surface area contributed by atoms with E-state index in [2.05, 4.69) is 10.6 Å². The van der Waals surface area contributed by atoms with Gasteiger partial charge in [0.2, 0.25) is 11.8 Å². The first-order valence-electron chi connectivity index (χ1n) is 7.02. The highest BCUT2D eigenvalue weighted by molar-refractivity contribution is 6.36. The minimum atomic E-state index is -0.434. The second-order valence-electron chi connectivity index (χ2n) is 5.05. The summed E-state index contributed by atoms with van der Waals surface area (Å²) in [6.45, 7) is 2.36. The van der Waals surface area contributed by atoms with Crippen LogP contribution in [-0.2, 0) is 16.1 Å². The molecular formula is C17H16Cl2N2O2. The zero-order chi connectivity index (χ0) is 16.8. The van der Waals surface area contributed by atoms with Crippen LogP contribution >= 0.6 is 23.2 Å². The number of rotatable bonds is 5. The Morgan fingerprint density at radius 2 is 1.78 bits per heavy atom. The molecule has 0 fully saturated rings. The largest absolute Gasteiger partial charge is 0.352 e. The molecule has 2 aromatic carbocycles. The molecule has 2 N–H and O–H groups in total. The summed E-state index contributed by atoms with van der Waals surface area (Å²) in [5.41, 5.74) is 2.53. The number of carbonyl (C=O) groups excluding carboxylic acids is 2. The monoisotopic (exact) mass is 350 g/mol. The molecule has 4 nitrogen and oxygen atoms in total. The second kappa shape index (κ2) is 7.99. The van der Waals surface area contributed by atoms with Crippen LogP contribution in [0.4, 0.5) is 5.69 Å². The van der Waals surface area contributed by atoms with Gasteiger partial charge < -0.3 is 10.6 Å². The van der Waals surface area contributed by atoms with Crippen LogP contribution in [0.15, 0.2) is 42.5 Å². The summed E-state index contributed by atoms with van der Waals surface area (Å²) >= 11 is 11.8. The molecule has 0 aliphatic carbocycles. The van der Waals surface area contributed by atoms with E-state index in [0.717, 1.165) is 11.1 Å². The Kier molecular flexibility index (Phi) is 6.02. The van der Waals surface area contributed by atoms with E-state index in [-0.39, 0.29) is 12.3 Å². The molecule has 0 saturated heterocycles. The van der Waals surface area contributed by atoms with Gasteiger partial charge in [0.15, 0.2) is 0 Å². The van der Waals surface area contributed by atoms with Crippen molar-refractivity contribution >= 4 is 40.7 Å². The topological polar surface area (TPSA) is 58.2 Å². The van der Waals surface area contributed by atoms with Crippen LogP contribution in [0.25, 0.3) is 0 Å². The first-order valence-corrected chi connectivity index (χ1v) is 7.77. The van der Waals surface area contributed by atoms with Crippen molar-refractivity contribution in [3.05, 3.63) is 63.6 Å². The van der Waals surface area contributed by atoms with Crippen molar-refractivity contribution in [1.82, 2.24) is 5.32 Å². The fourth-order valence-corrected chi connectivity index (χ4v) is 2.45. The highest BCUT2D eigenvalue weighted by Crippen LogP contribution is 2.25. The number of halogens is 2. The number of aryl methyl sites for hydroxylation is 1. The lowest BCUT2D eigenvalue weighted by atomic mass is 10.1. The van der Waals surface area contributed by atoms with Crippen LogP contribution in [0, 0.1) is 6.92 Å². The number of carbonyl (C=O) groups is 2. The van der Waals surface area contributed by atoms with Gasteiger partial charge in [-0.05, 0) is 36.2 Å². The molecule has 6 heteroatoms. The van der Waals surface area contributed by atoms with Crippen molar-refractivity contribution in [2.45, 2.75) is 19.9 Å². The van der Waals surface area contributed by atoms with Gasteiger partial charge >= 0.3 is 0 Å². The Bertz CT molecular complexity index is 732. The van der Waals surface area contributed by atoms with E-state index in [1.165, 1.54) is 6.07 Å². The maximum absolute atomic E-state index is 11.9. The van der Waals surface area contributed by atoms with E-state index >= 15 is 0 Å². The molecule has 0 aliphatic heterocycles. The first kappa shape index (κ1) is 17.3. The van der Waals surface area contributed by atoms with Gasteiger partial charge in [-0.3, -0.25) is 9.59 Å². The molecule has 2 rings (SSSR count). The van der Waals surface area contributed by atoms with Crippen LogP contribution in [0.3, 0.4) is 0 Å². The van der Waals surface area contributed by atoms with Gasteiger partial charge in [0.05, 0.1) is 10.7 Å². The molecule has 0 spiro atoms. The smallest absolute Gasteiger partial charge is 0.233 e. The lowest BCUT2D eigenvalue weighted by Gasteiger charge is -2.09. The normalized spacial score (nSPS) is 10.2. The number of nitrogens with one attached hydrogen (secondary N) is 2. The van der Waals surface area contributed by atoms with Crippen LogP contribution < -0.4 is 10.6 Å². The van der Waals surface area contributed by atoms with E-state index in [1.807, 2.05) is 31.2 Å². The van der Waals surface area contributed by atoms with E-state index < -0.39 is 5.91 Å². The summed E-state index contributed by atoms with van der Waals surface area (Å²) in [4.78, 5) is 23.7. The first-order chi connectivity index (χ1) is 11.0. The van der Waals surface area contributed by atoms with Gasteiger partial charge in [-0.1, -0.05) is 47.5 Å². The quantitative estimate of drug-likeness (QED) is 0.802. The lowest BCUT2D eigenvalue weighted by molar-refractivity contribution is -0.126. The van der Waals surface area contributed by atoms with Crippen molar-refractivity contribution in [3.8, 4) is 0 Å². The maximum Gasteiger partial charge on any atom is 0.233 e. The van der Waals surface area contributed by atoms with Crippen molar-refractivity contribution in [1.29, 1.82) is 0 Å². The van der Waals surface area contributed by atoms with Crippen molar-refractivity contribution < 1.29 is 9.59 Å². The molecular weight excluding hydrogens is 335 g/mol. The van der Waals surface area contributed by atoms with Gasteiger partial charge in [-0.25, -0.2) is 0 Å². The molecule has 0 bridgehead atoms. The number of amides is 2. The Morgan fingerprint density at radius 1 is 1.04 bits per heavy atom. The third-order valence-electron chi connectivity index (χ3n) is 3.26. The third-order valence-corrected chi connectivity index (χ3v) is 3.81. The predicted molar refractivity (Wildman–Crippen MR) is 92.7 cm³/mol. The van der Waals surface area contributed by atoms with Gasteiger partial charge in [0.25, 0.3) is 0 Å². The van der Waals surface area contributed by atoms with Crippen LogP contribution in [0.2, 0.25) is 10.0 Å². The van der Waals surface area contributed by atoms with Gasteiger partial charge in [0.1, 0.15) is 6.42 Å². The zero-order valence-electron chi connectivity index (χ0n) is 12.5. The summed E-state index contributed by atoms with van der Waals surface area (Å²) < 4.78 is 0. The third kappa shape index (κ3) is 5.27. The number of hydrogen-bond donors (Lipinski definition) is 2. The average molecular weight is 351 g/mol. The minimum absolute atomic E-state index is 0.273. The van der Waals surface area contributed by atoms with E-state index in [4.69, 9.17) is 23.2 Å². The maximum atomic E-state index is 11.9. The predicted octanol–water partition coefficient (Wildman–Crippen LogP) is 3.95. The summed E-state index contributed by atoms with van der Waals surface area (Å²) in [7, 11) is 0. The molecule has 23 heavy (non-hydrogen) atoms. The van der Waals surface area contributed by atoms with Gasteiger partial charge in [0, 0.05) is 11.6 Å². The number of anilines is 1. The lowest BCUT2D eigenvalue weighted by Crippen LogP contribution is -2.28. The van der Waals surface area contributed by atoms with Gasteiger partial charge in [-0.2, -0.15) is 0 Å². The average Bonchev–Trinajstić information content (AvgIpc) is 2.49. The summed E-state index contributed by atoms with van der Waals surface area (Å²) in [6, 6.07) is 12.5. The Morgan fingerprint density at radius 3 is 2.48 bits per heavy atom.